The lowest BCUT2D eigenvalue weighted by atomic mass is 10.3. The van der Waals surface area contributed by atoms with Gasteiger partial charge in [0.15, 0.2) is 0 Å². The number of nitrogens with zero attached hydrogens (tertiary/aromatic N) is 2. The highest BCUT2D eigenvalue weighted by atomic mass is 35.5. The predicted molar refractivity (Wildman–Crippen MR) is 53.3 cm³/mol. The van der Waals surface area contributed by atoms with Crippen LogP contribution in [0.4, 0.5) is 0 Å². The first-order valence-electron chi connectivity index (χ1n) is 4.04. The summed E-state index contributed by atoms with van der Waals surface area (Å²) >= 11 is 6.04. The largest absolute Gasteiger partial charge is 0.222 e. The molecule has 66 valence electrons. The minimum absolute atomic E-state index is 0.672. The normalized spacial score (nSPS) is 10.3. The number of hydrogen-bond acceptors (Lipinski definition) is 1. The molecule has 3 heteroatoms. The molecular weight excluding hydrogens is 184 g/mol. The molecule has 1 aromatic carbocycles. The number of para-hydroxylation sites is 1. The fourth-order valence-corrected chi connectivity index (χ4v) is 1.35. The Morgan fingerprint density at radius 3 is 2.46 bits per heavy atom. The summed E-state index contributed by atoms with van der Waals surface area (Å²) in [5.41, 5.74) is 1.98. The number of aryl methyl sites for hydroxylation is 1. The van der Waals surface area contributed by atoms with E-state index in [0.717, 1.165) is 11.3 Å². The lowest BCUT2D eigenvalue weighted by Crippen LogP contribution is -1.95. The van der Waals surface area contributed by atoms with Crippen LogP contribution in [-0.4, -0.2) is 9.78 Å². The molecule has 0 amide bonds. The molecule has 0 fully saturated rings. The third-order valence-electron chi connectivity index (χ3n) is 1.88. The highest BCUT2D eigenvalue weighted by molar-refractivity contribution is 6.30. The van der Waals surface area contributed by atoms with E-state index in [1.54, 1.807) is 10.9 Å². The monoisotopic (exact) mass is 192 g/mol. The number of rotatable bonds is 1. The molecule has 1 heterocycles. The third-order valence-corrected chi connectivity index (χ3v) is 2.34. The van der Waals surface area contributed by atoms with Crippen molar-refractivity contribution in [3.05, 3.63) is 47.2 Å². The van der Waals surface area contributed by atoms with Crippen molar-refractivity contribution in [3.63, 3.8) is 0 Å². The van der Waals surface area contributed by atoms with Crippen molar-refractivity contribution in [2.45, 2.75) is 6.92 Å². The number of halogens is 1. The minimum atomic E-state index is 0.672. The van der Waals surface area contributed by atoms with Crippen LogP contribution in [0.3, 0.4) is 0 Å². The van der Waals surface area contributed by atoms with E-state index in [-0.39, 0.29) is 0 Å². The summed E-state index contributed by atoms with van der Waals surface area (Å²) in [5, 5.41) is 4.84. The summed E-state index contributed by atoms with van der Waals surface area (Å²) in [6, 6.07) is 9.83. The van der Waals surface area contributed by atoms with Gasteiger partial charge in [0.1, 0.15) is 5.15 Å². The van der Waals surface area contributed by atoms with Crippen molar-refractivity contribution in [1.82, 2.24) is 9.78 Å². The zero-order chi connectivity index (χ0) is 9.26. The highest BCUT2D eigenvalue weighted by Gasteiger charge is 2.04. The Kier molecular flexibility index (Phi) is 2.07. The van der Waals surface area contributed by atoms with Crippen LogP contribution < -0.4 is 0 Å². The van der Waals surface area contributed by atoms with Crippen molar-refractivity contribution in [2.24, 2.45) is 0 Å². The van der Waals surface area contributed by atoms with E-state index in [0.29, 0.717) is 5.15 Å². The van der Waals surface area contributed by atoms with Gasteiger partial charge in [-0.1, -0.05) is 29.8 Å². The molecule has 0 N–H and O–H groups in total. The second-order valence-electron chi connectivity index (χ2n) is 2.87. The van der Waals surface area contributed by atoms with Crippen LogP contribution in [0.5, 0.6) is 0 Å². The van der Waals surface area contributed by atoms with E-state index < -0.39 is 0 Å². The van der Waals surface area contributed by atoms with E-state index in [9.17, 15) is 0 Å². The lowest BCUT2D eigenvalue weighted by Gasteiger charge is -2.01. The van der Waals surface area contributed by atoms with Gasteiger partial charge >= 0.3 is 0 Å². The van der Waals surface area contributed by atoms with Gasteiger partial charge in [-0.2, -0.15) is 5.10 Å². The zero-order valence-electron chi connectivity index (χ0n) is 7.24. The molecule has 0 radical (unpaired) electrons. The van der Waals surface area contributed by atoms with Gasteiger partial charge in [-0.25, -0.2) is 4.68 Å². The lowest BCUT2D eigenvalue weighted by molar-refractivity contribution is 0.881. The van der Waals surface area contributed by atoms with E-state index in [4.69, 9.17) is 11.6 Å². The molecule has 2 aromatic rings. The Morgan fingerprint density at radius 2 is 1.92 bits per heavy atom. The average molecular weight is 193 g/mol. The number of hydrogen-bond donors (Lipinski definition) is 0. The molecule has 0 atom stereocenters. The molecular formula is C10H9ClN2. The van der Waals surface area contributed by atoms with E-state index in [1.807, 2.05) is 37.3 Å². The number of aromatic nitrogens is 2. The summed E-state index contributed by atoms with van der Waals surface area (Å²) in [6.07, 6.45) is 1.76. The van der Waals surface area contributed by atoms with Gasteiger partial charge in [-0.15, -0.1) is 0 Å². The predicted octanol–water partition coefficient (Wildman–Crippen LogP) is 2.83. The van der Waals surface area contributed by atoms with Crippen LogP contribution >= 0.6 is 11.6 Å². The smallest absolute Gasteiger partial charge is 0.135 e. The Morgan fingerprint density at radius 1 is 1.23 bits per heavy atom. The Hall–Kier alpha value is -1.28. The van der Waals surface area contributed by atoms with Gasteiger partial charge in [-0.05, 0) is 19.1 Å². The maximum absolute atomic E-state index is 6.04. The van der Waals surface area contributed by atoms with Crippen molar-refractivity contribution in [2.75, 3.05) is 0 Å². The first-order valence-corrected chi connectivity index (χ1v) is 4.42. The molecule has 0 bridgehead atoms. The fraction of sp³-hybridized carbons (Fsp3) is 0.100. The third kappa shape index (κ3) is 1.45. The molecule has 2 nitrogen and oxygen atoms in total. The Bertz CT molecular complexity index is 406. The number of benzene rings is 1. The fourth-order valence-electron chi connectivity index (χ4n) is 1.16. The van der Waals surface area contributed by atoms with Crippen LogP contribution in [0.1, 0.15) is 5.56 Å². The van der Waals surface area contributed by atoms with Gasteiger partial charge in [0.25, 0.3) is 0 Å². The van der Waals surface area contributed by atoms with Crippen LogP contribution in [0, 0.1) is 6.92 Å². The molecule has 0 saturated heterocycles. The van der Waals surface area contributed by atoms with Gasteiger partial charge in [0.2, 0.25) is 0 Å². The standard InChI is InChI=1S/C10H9ClN2/c1-8-7-12-13(10(8)11)9-5-3-2-4-6-9/h2-7H,1H3. The van der Waals surface area contributed by atoms with Gasteiger partial charge in [-0.3, -0.25) is 0 Å². The van der Waals surface area contributed by atoms with E-state index in [2.05, 4.69) is 5.10 Å². The van der Waals surface area contributed by atoms with Crippen LogP contribution in [0.25, 0.3) is 5.69 Å². The molecule has 1 aromatic heterocycles. The van der Waals surface area contributed by atoms with Gasteiger partial charge in [0, 0.05) is 5.56 Å². The molecule has 0 aliphatic carbocycles. The first-order chi connectivity index (χ1) is 6.29. The van der Waals surface area contributed by atoms with E-state index >= 15 is 0 Å². The van der Waals surface area contributed by atoms with Crippen molar-refractivity contribution in [1.29, 1.82) is 0 Å². The summed E-state index contributed by atoms with van der Waals surface area (Å²) < 4.78 is 1.72. The van der Waals surface area contributed by atoms with Crippen LogP contribution in [-0.2, 0) is 0 Å². The topological polar surface area (TPSA) is 17.8 Å². The first kappa shape index (κ1) is 8.32. The average Bonchev–Trinajstić information content (AvgIpc) is 2.49. The maximum atomic E-state index is 6.04. The summed E-state index contributed by atoms with van der Waals surface area (Å²) in [6.45, 7) is 1.94. The molecule has 0 spiro atoms. The minimum Gasteiger partial charge on any atom is -0.222 e. The molecule has 2 rings (SSSR count). The van der Waals surface area contributed by atoms with Crippen molar-refractivity contribution in [3.8, 4) is 5.69 Å². The van der Waals surface area contributed by atoms with Crippen molar-refractivity contribution < 1.29 is 0 Å². The highest BCUT2D eigenvalue weighted by Crippen LogP contribution is 2.18. The molecule has 0 aliphatic heterocycles. The van der Waals surface area contributed by atoms with Crippen LogP contribution in [0.15, 0.2) is 36.5 Å². The maximum Gasteiger partial charge on any atom is 0.135 e. The molecule has 13 heavy (non-hydrogen) atoms. The van der Waals surface area contributed by atoms with E-state index in [1.165, 1.54) is 0 Å². The van der Waals surface area contributed by atoms with Crippen molar-refractivity contribution >= 4 is 11.6 Å². The summed E-state index contributed by atoms with van der Waals surface area (Å²) in [4.78, 5) is 0. The molecule has 0 aliphatic rings. The molecule has 0 unspecified atom stereocenters. The molecule has 0 saturated carbocycles. The quantitative estimate of drug-likeness (QED) is 0.680. The zero-order valence-corrected chi connectivity index (χ0v) is 7.99. The Balaban J connectivity index is 2.53. The van der Waals surface area contributed by atoms with Gasteiger partial charge < -0.3 is 0 Å². The van der Waals surface area contributed by atoms with Gasteiger partial charge in [0.05, 0.1) is 11.9 Å². The van der Waals surface area contributed by atoms with Crippen LogP contribution in [0.2, 0.25) is 5.15 Å². The Labute approximate surface area is 81.8 Å². The summed E-state index contributed by atoms with van der Waals surface area (Å²) in [5.74, 6) is 0. The SMILES string of the molecule is Cc1cnn(-c2ccccc2)c1Cl. The second kappa shape index (κ2) is 3.23. The second-order valence-corrected chi connectivity index (χ2v) is 3.22. The summed E-state index contributed by atoms with van der Waals surface area (Å²) in [7, 11) is 0.